The van der Waals surface area contributed by atoms with Crippen LogP contribution in [0.4, 0.5) is 0 Å². The molecule has 0 radical (unpaired) electrons. The van der Waals surface area contributed by atoms with Gasteiger partial charge in [-0.05, 0) is 38.6 Å². The first-order valence-corrected chi connectivity index (χ1v) is 5.88. The number of nitrogens with one attached hydrogen (secondary N) is 1. The molecule has 0 aromatic rings. The van der Waals surface area contributed by atoms with Gasteiger partial charge in [0.15, 0.2) is 0 Å². The third-order valence-corrected chi connectivity index (χ3v) is 3.08. The number of carbonyl (C=O) groups is 1. The van der Waals surface area contributed by atoms with E-state index in [1.54, 1.807) is 13.0 Å². The molecule has 1 fully saturated rings. The lowest BCUT2D eigenvalue weighted by Gasteiger charge is -2.25. The number of hydrogen-bond donors (Lipinski definition) is 3. The molecular formula is C12H21NO3. The molecule has 0 saturated heterocycles. The smallest absolute Gasteiger partial charge is 0.330 e. The van der Waals surface area contributed by atoms with Gasteiger partial charge < -0.3 is 15.5 Å². The second-order valence-corrected chi connectivity index (χ2v) is 4.54. The molecule has 0 aromatic heterocycles. The second-order valence-electron chi connectivity index (χ2n) is 4.54. The Hall–Kier alpha value is -0.870. The molecule has 0 heterocycles. The van der Waals surface area contributed by atoms with E-state index in [4.69, 9.17) is 5.11 Å². The maximum absolute atomic E-state index is 10.5. The zero-order valence-corrected chi connectivity index (χ0v) is 9.78. The Morgan fingerprint density at radius 3 is 2.88 bits per heavy atom. The number of rotatable bonds is 5. The van der Waals surface area contributed by atoms with E-state index < -0.39 is 5.97 Å². The van der Waals surface area contributed by atoms with Crippen LogP contribution in [0.15, 0.2) is 11.6 Å². The summed E-state index contributed by atoms with van der Waals surface area (Å²) in [6.07, 6.45) is 5.59. The fraction of sp³-hybridized carbons (Fsp3) is 0.750. The van der Waals surface area contributed by atoms with Crippen molar-refractivity contribution < 1.29 is 15.0 Å². The molecule has 4 heteroatoms. The maximum Gasteiger partial charge on any atom is 0.330 e. The summed E-state index contributed by atoms with van der Waals surface area (Å²) in [6, 6.07) is 0. The van der Waals surface area contributed by atoms with Gasteiger partial charge in [0, 0.05) is 12.1 Å². The minimum Gasteiger partial charge on any atom is -0.478 e. The van der Waals surface area contributed by atoms with Gasteiger partial charge in [-0.15, -0.1) is 0 Å². The van der Waals surface area contributed by atoms with Gasteiger partial charge in [-0.3, -0.25) is 0 Å². The summed E-state index contributed by atoms with van der Waals surface area (Å²) in [5.74, 6) is -0.336. The molecule has 2 unspecified atom stereocenters. The number of hydrogen-bond acceptors (Lipinski definition) is 3. The molecule has 92 valence electrons. The van der Waals surface area contributed by atoms with E-state index in [9.17, 15) is 9.90 Å². The highest BCUT2D eigenvalue weighted by Crippen LogP contribution is 2.23. The molecule has 0 spiro atoms. The summed E-state index contributed by atoms with van der Waals surface area (Å²) in [4.78, 5) is 10.5. The van der Waals surface area contributed by atoms with E-state index in [1.807, 2.05) is 0 Å². The summed E-state index contributed by atoms with van der Waals surface area (Å²) in [5, 5.41) is 21.3. The van der Waals surface area contributed by atoms with Crippen LogP contribution in [0.3, 0.4) is 0 Å². The van der Waals surface area contributed by atoms with Gasteiger partial charge in [0.05, 0.1) is 6.10 Å². The Morgan fingerprint density at radius 1 is 1.50 bits per heavy atom. The van der Waals surface area contributed by atoms with Gasteiger partial charge in [-0.2, -0.15) is 0 Å². The zero-order chi connectivity index (χ0) is 12.0. The largest absolute Gasteiger partial charge is 0.478 e. The molecule has 4 nitrogen and oxygen atoms in total. The van der Waals surface area contributed by atoms with Crippen molar-refractivity contribution in [2.45, 2.75) is 38.7 Å². The monoisotopic (exact) mass is 227 g/mol. The van der Waals surface area contributed by atoms with Crippen molar-refractivity contribution >= 4 is 5.97 Å². The maximum atomic E-state index is 10.5. The number of carboxylic acids is 1. The van der Waals surface area contributed by atoms with Crippen LogP contribution < -0.4 is 5.32 Å². The van der Waals surface area contributed by atoms with Crippen LogP contribution >= 0.6 is 0 Å². The standard InChI is InChI=1S/C12H21NO3/c1-9(12(15)16)5-6-13-8-10-3-2-4-11(14)7-10/h5,10-11,13-14H,2-4,6-8H2,1H3,(H,15,16). The Bertz CT molecular complexity index is 263. The average Bonchev–Trinajstić information content (AvgIpc) is 2.24. The van der Waals surface area contributed by atoms with E-state index in [2.05, 4.69) is 5.32 Å². The molecule has 0 aromatic carbocycles. The van der Waals surface area contributed by atoms with E-state index >= 15 is 0 Å². The van der Waals surface area contributed by atoms with Crippen LogP contribution in [0.5, 0.6) is 0 Å². The summed E-state index contributed by atoms with van der Waals surface area (Å²) >= 11 is 0. The minimum atomic E-state index is -0.866. The summed E-state index contributed by atoms with van der Waals surface area (Å²) in [6.45, 7) is 3.04. The van der Waals surface area contributed by atoms with Crippen molar-refractivity contribution in [3.05, 3.63) is 11.6 Å². The third kappa shape index (κ3) is 4.77. The summed E-state index contributed by atoms with van der Waals surface area (Å²) in [7, 11) is 0. The predicted octanol–water partition coefficient (Wildman–Crippen LogP) is 1.16. The highest BCUT2D eigenvalue weighted by atomic mass is 16.4. The van der Waals surface area contributed by atoms with Crippen LogP contribution in [-0.4, -0.2) is 35.4 Å². The van der Waals surface area contributed by atoms with Crippen molar-refractivity contribution in [1.29, 1.82) is 0 Å². The minimum absolute atomic E-state index is 0.142. The highest BCUT2D eigenvalue weighted by molar-refractivity contribution is 5.85. The second kappa shape index (κ2) is 6.66. The molecule has 0 amide bonds. The number of aliphatic hydroxyl groups is 1. The van der Waals surface area contributed by atoms with Gasteiger partial charge in [0.1, 0.15) is 0 Å². The Morgan fingerprint density at radius 2 is 2.25 bits per heavy atom. The lowest BCUT2D eigenvalue weighted by Crippen LogP contribution is -2.29. The molecular weight excluding hydrogens is 206 g/mol. The Balaban J connectivity index is 2.15. The van der Waals surface area contributed by atoms with Gasteiger partial charge >= 0.3 is 5.97 Å². The molecule has 1 saturated carbocycles. The lowest BCUT2D eigenvalue weighted by molar-refractivity contribution is -0.132. The molecule has 2 atom stereocenters. The lowest BCUT2D eigenvalue weighted by atomic mass is 9.87. The predicted molar refractivity (Wildman–Crippen MR) is 62.2 cm³/mol. The molecule has 3 N–H and O–H groups in total. The van der Waals surface area contributed by atoms with Gasteiger partial charge in [-0.25, -0.2) is 4.79 Å². The SMILES string of the molecule is CC(=CCNCC1CCCC(O)C1)C(=O)O. The number of carboxylic acid groups (broad SMARTS) is 1. The highest BCUT2D eigenvalue weighted by Gasteiger charge is 2.19. The van der Waals surface area contributed by atoms with Crippen LogP contribution in [0.2, 0.25) is 0 Å². The van der Waals surface area contributed by atoms with Gasteiger partial charge in [-0.1, -0.05) is 12.5 Å². The number of aliphatic carboxylic acids is 1. The fourth-order valence-electron chi connectivity index (χ4n) is 2.05. The quantitative estimate of drug-likeness (QED) is 0.487. The topological polar surface area (TPSA) is 69.6 Å². The molecule has 0 bridgehead atoms. The first-order valence-electron chi connectivity index (χ1n) is 5.88. The van der Waals surface area contributed by atoms with Crippen molar-refractivity contribution in [2.75, 3.05) is 13.1 Å². The molecule has 16 heavy (non-hydrogen) atoms. The third-order valence-electron chi connectivity index (χ3n) is 3.08. The first kappa shape index (κ1) is 13.2. The van der Waals surface area contributed by atoms with E-state index in [0.29, 0.717) is 18.0 Å². The van der Waals surface area contributed by atoms with Crippen LogP contribution in [-0.2, 0) is 4.79 Å². The molecule has 1 rings (SSSR count). The van der Waals surface area contributed by atoms with Crippen LogP contribution in [0.25, 0.3) is 0 Å². The van der Waals surface area contributed by atoms with E-state index in [1.165, 1.54) is 0 Å². The van der Waals surface area contributed by atoms with Gasteiger partial charge in [0.2, 0.25) is 0 Å². The summed E-state index contributed by atoms with van der Waals surface area (Å²) < 4.78 is 0. The fourth-order valence-corrected chi connectivity index (χ4v) is 2.05. The van der Waals surface area contributed by atoms with Crippen molar-refractivity contribution in [3.8, 4) is 0 Å². The van der Waals surface area contributed by atoms with Crippen molar-refractivity contribution in [2.24, 2.45) is 5.92 Å². The van der Waals surface area contributed by atoms with Crippen molar-refractivity contribution in [1.82, 2.24) is 5.32 Å². The zero-order valence-electron chi connectivity index (χ0n) is 9.78. The first-order chi connectivity index (χ1) is 7.59. The molecule has 1 aliphatic carbocycles. The Kier molecular flexibility index (Phi) is 5.49. The number of aliphatic hydroxyl groups excluding tert-OH is 1. The van der Waals surface area contributed by atoms with Crippen LogP contribution in [0, 0.1) is 5.92 Å². The normalized spacial score (nSPS) is 26.8. The molecule has 0 aliphatic heterocycles. The molecule has 1 aliphatic rings. The van der Waals surface area contributed by atoms with Gasteiger partial charge in [0.25, 0.3) is 0 Å². The van der Waals surface area contributed by atoms with E-state index in [0.717, 1.165) is 32.2 Å². The Labute approximate surface area is 96.4 Å². The van der Waals surface area contributed by atoms with Crippen LogP contribution in [0.1, 0.15) is 32.6 Å². The van der Waals surface area contributed by atoms with E-state index in [-0.39, 0.29) is 6.10 Å². The average molecular weight is 227 g/mol. The summed E-state index contributed by atoms with van der Waals surface area (Å²) in [5.41, 5.74) is 0.371. The van der Waals surface area contributed by atoms with Crippen molar-refractivity contribution in [3.63, 3.8) is 0 Å².